The fourth-order valence-corrected chi connectivity index (χ4v) is 3.47. The third-order valence-corrected chi connectivity index (χ3v) is 4.78. The van der Waals surface area contributed by atoms with Gasteiger partial charge >= 0.3 is 0 Å². The number of rotatable bonds is 6. The summed E-state index contributed by atoms with van der Waals surface area (Å²) in [6.07, 6.45) is 0. The van der Waals surface area contributed by atoms with Crippen LogP contribution in [-0.2, 0) is 0 Å². The molecule has 0 spiro atoms. The standard InChI is InChI=1S/C21H21N3O4/c1-4-28-13-7-5-12(6-8-13)18-17-19(22-21(25)20(17)24-23-18)15-11-14(26-2)9-10-16(15)27-3/h5-11,19H,4H2,1-3H3,(H,22,25)(H,23,24)/t19-/m0/s1. The number of fused-ring (bicyclic) bond motifs is 1. The van der Waals surface area contributed by atoms with Crippen LogP contribution >= 0.6 is 0 Å². The van der Waals surface area contributed by atoms with Crippen LogP contribution in [0.3, 0.4) is 0 Å². The Morgan fingerprint density at radius 3 is 2.46 bits per heavy atom. The number of nitrogens with zero attached hydrogens (tertiary/aromatic N) is 1. The maximum Gasteiger partial charge on any atom is 0.270 e. The summed E-state index contributed by atoms with van der Waals surface area (Å²) in [6.45, 7) is 2.55. The molecule has 0 fully saturated rings. The summed E-state index contributed by atoms with van der Waals surface area (Å²) in [6, 6.07) is 12.8. The normalized spacial score (nSPS) is 15.1. The van der Waals surface area contributed by atoms with Crippen LogP contribution < -0.4 is 19.5 Å². The second kappa shape index (κ2) is 7.26. The lowest BCUT2D eigenvalue weighted by molar-refractivity contribution is 0.0955. The van der Waals surface area contributed by atoms with Gasteiger partial charge in [0, 0.05) is 16.7 Å². The SMILES string of the molecule is CCOc1ccc(-c2n[nH]c3c2[C@H](c2cc(OC)ccc2OC)NC3=O)cc1. The first-order valence-electron chi connectivity index (χ1n) is 9.00. The molecule has 4 rings (SSSR count). The minimum absolute atomic E-state index is 0.199. The minimum atomic E-state index is -0.395. The van der Waals surface area contributed by atoms with E-state index in [0.717, 1.165) is 22.4 Å². The third kappa shape index (κ3) is 2.94. The molecule has 0 unspecified atom stereocenters. The molecule has 2 heterocycles. The zero-order valence-electron chi connectivity index (χ0n) is 15.9. The fourth-order valence-electron chi connectivity index (χ4n) is 3.47. The molecule has 1 aromatic heterocycles. The summed E-state index contributed by atoms with van der Waals surface area (Å²) in [7, 11) is 3.21. The van der Waals surface area contributed by atoms with Crippen molar-refractivity contribution in [3.05, 3.63) is 59.3 Å². The van der Waals surface area contributed by atoms with Gasteiger partial charge in [0.15, 0.2) is 0 Å². The van der Waals surface area contributed by atoms with E-state index in [1.807, 2.05) is 49.4 Å². The number of carbonyl (C=O) groups excluding carboxylic acids is 1. The second-order valence-corrected chi connectivity index (χ2v) is 6.33. The summed E-state index contributed by atoms with van der Waals surface area (Å²) in [5.74, 6) is 1.94. The van der Waals surface area contributed by atoms with Crippen LogP contribution in [0.25, 0.3) is 11.3 Å². The van der Waals surface area contributed by atoms with Crippen LogP contribution in [0.1, 0.15) is 34.6 Å². The van der Waals surface area contributed by atoms with Crippen molar-refractivity contribution in [1.29, 1.82) is 0 Å². The molecule has 1 atom stereocenters. The number of carbonyl (C=O) groups is 1. The zero-order valence-corrected chi connectivity index (χ0v) is 15.9. The Morgan fingerprint density at radius 1 is 1.04 bits per heavy atom. The highest BCUT2D eigenvalue weighted by molar-refractivity contribution is 6.00. The van der Waals surface area contributed by atoms with Gasteiger partial charge in [-0.15, -0.1) is 0 Å². The van der Waals surface area contributed by atoms with E-state index < -0.39 is 6.04 Å². The van der Waals surface area contributed by atoms with Crippen molar-refractivity contribution in [1.82, 2.24) is 15.5 Å². The molecular weight excluding hydrogens is 358 g/mol. The number of nitrogens with one attached hydrogen (secondary N) is 2. The number of hydrogen-bond donors (Lipinski definition) is 2. The van der Waals surface area contributed by atoms with Crippen LogP contribution in [0.2, 0.25) is 0 Å². The highest BCUT2D eigenvalue weighted by Crippen LogP contribution is 2.41. The van der Waals surface area contributed by atoms with E-state index in [4.69, 9.17) is 14.2 Å². The van der Waals surface area contributed by atoms with Gasteiger partial charge in [0.2, 0.25) is 0 Å². The summed E-state index contributed by atoms with van der Waals surface area (Å²) in [5.41, 5.74) is 3.66. The van der Waals surface area contributed by atoms with Crippen molar-refractivity contribution < 1.29 is 19.0 Å². The molecule has 2 aromatic carbocycles. The number of amides is 1. The topological polar surface area (TPSA) is 85.5 Å². The molecule has 0 aliphatic carbocycles. The fraction of sp³-hybridized carbons (Fsp3) is 0.238. The van der Waals surface area contributed by atoms with Crippen molar-refractivity contribution >= 4 is 5.91 Å². The van der Waals surface area contributed by atoms with Gasteiger partial charge in [-0.05, 0) is 49.4 Å². The molecule has 1 aliphatic heterocycles. The summed E-state index contributed by atoms with van der Waals surface area (Å²) < 4.78 is 16.4. The maximum absolute atomic E-state index is 12.5. The highest BCUT2D eigenvalue weighted by Gasteiger charge is 2.37. The Balaban J connectivity index is 1.80. The lowest BCUT2D eigenvalue weighted by Gasteiger charge is -2.17. The molecule has 1 aliphatic rings. The molecular formula is C21H21N3O4. The Morgan fingerprint density at radius 2 is 1.79 bits per heavy atom. The molecule has 0 saturated carbocycles. The van der Waals surface area contributed by atoms with Gasteiger partial charge < -0.3 is 19.5 Å². The van der Waals surface area contributed by atoms with Gasteiger partial charge in [0.05, 0.1) is 32.6 Å². The van der Waals surface area contributed by atoms with Crippen LogP contribution in [-0.4, -0.2) is 36.9 Å². The Labute approximate surface area is 162 Å². The zero-order chi connectivity index (χ0) is 19.7. The first kappa shape index (κ1) is 17.9. The number of hydrogen-bond acceptors (Lipinski definition) is 5. The number of methoxy groups -OCH3 is 2. The predicted octanol–water partition coefficient (Wildman–Crippen LogP) is 3.33. The van der Waals surface area contributed by atoms with Gasteiger partial charge in [0.25, 0.3) is 5.91 Å². The number of aromatic amines is 1. The lowest BCUT2D eigenvalue weighted by Crippen LogP contribution is -2.21. The maximum atomic E-state index is 12.5. The molecule has 28 heavy (non-hydrogen) atoms. The average molecular weight is 379 g/mol. The number of benzene rings is 2. The van der Waals surface area contributed by atoms with Gasteiger partial charge in [0.1, 0.15) is 22.9 Å². The van der Waals surface area contributed by atoms with Crippen LogP contribution in [0, 0.1) is 0 Å². The van der Waals surface area contributed by atoms with E-state index in [0.29, 0.717) is 29.5 Å². The molecule has 7 heteroatoms. The van der Waals surface area contributed by atoms with E-state index in [1.165, 1.54) is 0 Å². The first-order valence-corrected chi connectivity index (χ1v) is 9.00. The molecule has 7 nitrogen and oxygen atoms in total. The molecule has 3 aromatic rings. The average Bonchev–Trinajstić information content (AvgIpc) is 3.30. The van der Waals surface area contributed by atoms with E-state index in [9.17, 15) is 4.79 Å². The van der Waals surface area contributed by atoms with Crippen LogP contribution in [0.4, 0.5) is 0 Å². The largest absolute Gasteiger partial charge is 0.497 e. The number of aromatic nitrogens is 2. The second-order valence-electron chi connectivity index (χ2n) is 6.33. The number of H-pyrrole nitrogens is 1. The summed E-state index contributed by atoms with van der Waals surface area (Å²) in [4.78, 5) is 12.5. The smallest absolute Gasteiger partial charge is 0.270 e. The highest BCUT2D eigenvalue weighted by atomic mass is 16.5. The van der Waals surface area contributed by atoms with E-state index in [1.54, 1.807) is 14.2 Å². The molecule has 0 saturated heterocycles. The Hall–Kier alpha value is -3.48. The molecule has 144 valence electrons. The van der Waals surface area contributed by atoms with Crippen molar-refractivity contribution in [2.45, 2.75) is 13.0 Å². The van der Waals surface area contributed by atoms with Gasteiger partial charge in [-0.1, -0.05) is 0 Å². The van der Waals surface area contributed by atoms with Gasteiger partial charge in [-0.2, -0.15) is 5.10 Å². The molecule has 0 radical (unpaired) electrons. The Bertz CT molecular complexity index is 1010. The van der Waals surface area contributed by atoms with Gasteiger partial charge in [-0.3, -0.25) is 9.89 Å². The van der Waals surface area contributed by atoms with Crippen LogP contribution in [0.5, 0.6) is 17.2 Å². The number of ether oxygens (including phenoxy) is 3. The van der Waals surface area contributed by atoms with E-state index in [2.05, 4.69) is 15.5 Å². The summed E-state index contributed by atoms with van der Waals surface area (Å²) in [5, 5.41) is 10.3. The molecule has 1 amide bonds. The van der Waals surface area contributed by atoms with Crippen molar-refractivity contribution in [2.24, 2.45) is 0 Å². The van der Waals surface area contributed by atoms with E-state index >= 15 is 0 Å². The first-order chi connectivity index (χ1) is 13.7. The predicted molar refractivity (Wildman–Crippen MR) is 104 cm³/mol. The molecule has 2 N–H and O–H groups in total. The van der Waals surface area contributed by atoms with Crippen LogP contribution in [0.15, 0.2) is 42.5 Å². The van der Waals surface area contributed by atoms with Gasteiger partial charge in [-0.25, -0.2) is 0 Å². The van der Waals surface area contributed by atoms with Crippen molar-refractivity contribution in [2.75, 3.05) is 20.8 Å². The van der Waals surface area contributed by atoms with Crippen molar-refractivity contribution in [3.63, 3.8) is 0 Å². The lowest BCUT2D eigenvalue weighted by atomic mass is 9.96. The molecule has 0 bridgehead atoms. The summed E-state index contributed by atoms with van der Waals surface area (Å²) >= 11 is 0. The third-order valence-electron chi connectivity index (χ3n) is 4.78. The quantitative estimate of drug-likeness (QED) is 0.686. The minimum Gasteiger partial charge on any atom is -0.497 e. The van der Waals surface area contributed by atoms with Crippen molar-refractivity contribution in [3.8, 4) is 28.5 Å². The monoisotopic (exact) mass is 379 g/mol. The Kier molecular flexibility index (Phi) is 4.65. The van der Waals surface area contributed by atoms with E-state index in [-0.39, 0.29) is 5.91 Å².